The van der Waals surface area contributed by atoms with Crippen molar-refractivity contribution >= 4 is 10.9 Å². The van der Waals surface area contributed by atoms with Crippen LogP contribution in [0.2, 0.25) is 0 Å². The van der Waals surface area contributed by atoms with E-state index in [0.717, 1.165) is 19.5 Å². The van der Waals surface area contributed by atoms with Crippen molar-refractivity contribution in [1.29, 1.82) is 0 Å². The molecule has 20 heavy (non-hydrogen) atoms. The highest BCUT2D eigenvalue weighted by Gasteiger charge is 2.14. The lowest BCUT2D eigenvalue weighted by Crippen LogP contribution is -2.29. The number of nitrogens with one attached hydrogen (secondary N) is 1. The lowest BCUT2D eigenvalue weighted by molar-refractivity contribution is 0.431. The third-order valence-electron chi connectivity index (χ3n) is 3.91. The third kappa shape index (κ3) is 3.40. The van der Waals surface area contributed by atoms with E-state index in [4.69, 9.17) is 5.10 Å². The van der Waals surface area contributed by atoms with Crippen molar-refractivity contribution in [2.75, 3.05) is 6.54 Å². The lowest BCUT2D eigenvalue weighted by atomic mass is 9.98. The molecule has 1 unspecified atom stereocenters. The van der Waals surface area contributed by atoms with Crippen molar-refractivity contribution in [2.45, 2.75) is 53.1 Å². The van der Waals surface area contributed by atoms with Crippen LogP contribution < -0.4 is 5.32 Å². The summed E-state index contributed by atoms with van der Waals surface area (Å²) in [5.74, 6) is 0.654. The Balaban J connectivity index is 2.19. The van der Waals surface area contributed by atoms with E-state index >= 15 is 0 Å². The van der Waals surface area contributed by atoms with Gasteiger partial charge in [-0.3, -0.25) is 4.68 Å². The van der Waals surface area contributed by atoms with E-state index in [1.54, 1.807) is 0 Å². The van der Waals surface area contributed by atoms with E-state index in [0.29, 0.717) is 12.0 Å². The minimum atomic E-state index is 0.550. The van der Waals surface area contributed by atoms with Crippen LogP contribution in [0.3, 0.4) is 0 Å². The average molecular weight is 273 g/mol. The molecule has 0 aliphatic carbocycles. The van der Waals surface area contributed by atoms with Gasteiger partial charge < -0.3 is 5.32 Å². The van der Waals surface area contributed by atoms with Gasteiger partial charge in [0.25, 0.3) is 0 Å². The molecule has 0 saturated heterocycles. The van der Waals surface area contributed by atoms with E-state index in [-0.39, 0.29) is 0 Å². The molecule has 0 radical (unpaired) electrons. The summed E-state index contributed by atoms with van der Waals surface area (Å²) in [6, 6.07) is 9.13. The molecule has 0 fully saturated rings. The first-order valence-corrected chi connectivity index (χ1v) is 7.83. The summed E-state index contributed by atoms with van der Waals surface area (Å²) in [5, 5.41) is 9.68. The fourth-order valence-corrected chi connectivity index (χ4v) is 2.62. The van der Waals surface area contributed by atoms with Gasteiger partial charge in [0.15, 0.2) is 0 Å². The molecule has 3 nitrogen and oxygen atoms in total. The second-order valence-corrected chi connectivity index (χ2v) is 5.82. The normalized spacial score (nSPS) is 13.2. The Hall–Kier alpha value is -1.35. The molecule has 0 aliphatic heterocycles. The molecule has 0 aliphatic rings. The van der Waals surface area contributed by atoms with E-state index in [2.05, 4.69) is 62.0 Å². The highest BCUT2D eigenvalue weighted by Crippen LogP contribution is 2.22. The molecule has 1 N–H and O–H groups in total. The predicted octanol–water partition coefficient (Wildman–Crippen LogP) is 3.62. The fraction of sp³-hybridized carbons (Fsp3) is 0.588. The topological polar surface area (TPSA) is 29.9 Å². The summed E-state index contributed by atoms with van der Waals surface area (Å²) >= 11 is 0. The lowest BCUT2D eigenvalue weighted by Gasteiger charge is -2.16. The second-order valence-electron chi connectivity index (χ2n) is 5.82. The van der Waals surface area contributed by atoms with Crippen LogP contribution in [-0.4, -0.2) is 22.4 Å². The Morgan fingerprint density at radius 3 is 2.60 bits per heavy atom. The number of nitrogens with zero attached hydrogens (tertiary/aromatic N) is 2. The van der Waals surface area contributed by atoms with Crippen LogP contribution >= 0.6 is 0 Å². The number of aromatic nitrogens is 2. The van der Waals surface area contributed by atoms with E-state index in [1.165, 1.54) is 23.0 Å². The second kappa shape index (κ2) is 6.89. The van der Waals surface area contributed by atoms with E-state index in [1.807, 2.05) is 0 Å². The largest absolute Gasteiger partial charge is 0.314 e. The number of rotatable bonds is 7. The standard InChI is InChI=1S/C17H27N3/c1-5-14(12-18-13(3)4)11-16-15-9-7-8-10-17(15)20(6-2)19-16/h7-10,13-14,18H,5-6,11-12H2,1-4H3. The summed E-state index contributed by atoms with van der Waals surface area (Å²) in [5.41, 5.74) is 2.51. The molecule has 1 aromatic carbocycles. The molecular formula is C17H27N3. The third-order valence-corrected chi connectivity index (χ3v) is 3.91. The van der Waals surface area contributed by atoms with Gasteiger partial charge in [-0.15, -0.1) is 0 Å². The summed E-state index contributed by atoms with van der Waals surface area (Å²) in [6.45, 7) is 10.8. The number of para-hydroxylation sites is 1. The number of hydrogen-bond donors (Lipinski definition) is 1. The Morgan fingerprint density at radius 2 is 1.95 bits per heavy atom. The molecule has 0 saturated carbocycles. The van der Waals surface area contributed by atoms with Crippen molar-refractivity contribution in [3.63, 3.8) is 0 Å². The Morgan fingerprint density at radius 1 is 1.20 bits per heavy atom. The van der Waals surface area contributed by atoms with E-state index in [9.17, 15) is 0 Å². The molecule has 3 heteroatoms. The van der Waals surface area contributed by atoms with Crippen molar-refractivity contribution in [3.8, 4) is 0 Å². The summed E-state index contributed by atoms with van der Waals surface area (Å²) < 4.78 is 2.12. The van der Waals surface area contributed by atoms with Gasteiger partial charge in [0.2, 0.25) is 0 Å². The van der Waals surface area contributed by atoms with Crippen molar-refractivity contribution in [3.05, 3.63) is 30.0 Å². The number of fused-ring (bicyclic) bond motifs is 1. The van der Waals surface area contributed by atoms with Gasteiger partial charge in [0, 0.05) is 18.0 Å². The summed E-state index contributed by atoms with van der Waals surface area (Å²) in [6.07, 6.45) is 2.25. The molecule has 0 amide bonds. The highest BCUT2D eigenvalue weighted by atomic mass is 15.3. The highest BCUT2D eigenvalue weighted by molar-refractivity contribution is 5.81. The van der Waals surface area contributed by atoms with Crippen LogP contribution in [0, 0.1) is 5.92 Å². The van der Waals surface area contributed by atoms with Gasteiger partial charge in [-0.2, -0.15) is 5.10 Å². The van der Waals surface area contributed by atoms with Crippen LogP contribution in [0.4, 0.5) is 0 Å². The van der Waals surface area contributed by atoms with Crippen molar-refractivity contribution < 1.29 is 0 Å². The quantitative estimate of drug-likeness (QED) is 0.835. The van der Waals surface area contributed by atoms with Crippen LogP contribution in [0.5, 0.6) is 0 Å². The van der Waals surface area contributed by atoms with Gasteiger partial charge in [-0.05, 0) is 31.9 Å². The van der Waals surface area contributed by atoms with Crippen LogP contribution in [-0.2, 0) is 13.0 Å². The molecule has 2 aromatic rings. The monoisotopic (exact) mass is 273 g/mol. The maximum atomic E-state index is 4.81. The maximum Gasteiger partial charge on any atom is 0.0706 e. The van der Waals surface area contributed by atoms with Gasteiger partial charge in [-0.25, -0.2) is 0 Å². The van der Waals surface area contributed by atoms with Gasteiger partial charge in [-0.1, -0.05) is 45.4 Å². The molecule has 110 valence electrons. The van der Waals surface area contributed by atoms with E-state index < -0.39 is 0 Å². The zero-order chi connectivity index (χ0) is 14.5. The fourth-order valence-electron chi connectivity index (χ4n) is 2.62. The van der Waals surface area contributed by atoms with Gasteiger partial charge >= 0.3 is 0 Å². The molecule has 1 heterocycles. The molecule has 0 spiro atoms. The number of aryl methyl sites for hydroxylation is 1. The minimum Gasteiger partial charge on any atom is -0.314 e. The molecule has 0 bridgehead atoms. The smallest absolute Gasteiger partial charge is 0.0706 e. The number of benzene rings is 1. The average Bonchev–Trinajstić information content (AvgIpc) is 2.81. The first-order chi connectivity index (χ1) is 9.65. The van der Waals surface area contributed by atoms with Crippen molar-refractivity contribution in [2.24, 2.45) is 5.92 Å². The Labute approximate surface area is 122 Å². The van der Waals surface area contributed by atoms with Crippen LogP contribution in [0.25, 0.3) is 10.9 Å². The van der Waals surface area contributed by atoms with Gasteiger partial charge in [0.05, 0.1) is 11.2 Å². The molecular weight excluding hydrogens is 246 g/mol. The Kier molecular flexibility index (Phi) is 5.18. The molecule has 1 aromatic heterocycles. The van der Waals surface area contributed by atoms with Crippen molar-refractivity contribution in [1.82, 2.24) is 15.1 Å². The predicted molar refractivity (Wildman–Crippen MR) is 86.0 cm³/mol. The first kappa shape index (κ1) is 15.0. The maximum absolute atomic E-state index is 4.81. The van der Waals surface area contributed by atoms with Gasteiger partial charge in [0.1, 0.15) is 0 Å². The SMILES string of the molecule is CCC(CNC(C)C)Cc1nn(CC)c2ccccc12. The molecule has 2 rings (SSSR count). The summed E-state index contributed by atoms with van der Waals surface area (Å²) in [4.78, 5) is 0. The zero-order valence-electron chi connectivity index (χ0n) is 13.2. The van der Waals surface area contributed by atoms with Crippen LogP contribution in [0.1, 0.15) is 39.8 Å². The molecule has 1 atom stereocenters. The minimum absolute atomic E-state index is 0.550. The number of hydrogen-bond acceptors (Lipinski definition) is 2. The zero-order valence-corrected chi connectivity index (χ0v) is 13.2. The summed E-state index contributed by atoms with van der Waals surface area (Å²) in [7, 11) is 0. The first-order valence-electron chi connectivity index (χ1n) is 7.83. The van der Waals surface area contributed by atoms with Crippen LogP contribution in [0.15, 0.2) is 24.3 Å². The Bertz CT molecular complexity index is 542.